The Bertz CT molecular complexity index is 324. The van der Waals surface area contributed by atoms with Crippen molar-refractivity contribution in [2.45, 2.75) is 12.5 Å². The Balaban J connectivity index is 2.05. The minimum atomic E-state index is 0.127. The van der Waals surface area contributed by atoms with E-state index in [4.69, 9.17) is 11.6 Å². The molecule has 76 valence electrons. The molecule has 0 aliphatic carbocycles. The first-order valence-electron chi connectivity index (χ1n) is 4.71. The van der Waals surface area contributed by atoms with E-state index in [2.05, 4.69) is 10.6 Å². The number of halogens is 1. The average molecular weight is 213 g/mol. The van der Waals surface area contributed by atoms with Crippen LogP contribution in [0.2, 0.25) is 5.02 Å². The van der Waals surface area contributed by atoms with Gasteiger partial charge in [0.15, 0.2) is 0 Å². The molecule has 2 rings (SSSR count). The number of hydrogen-bond donors (Lipinski definition) is 3. The van der Waals surface area contributed by atoms with Crippen molar-refractivity contribution in [3.05, 3.63) is 23.2 Å². The summed E-state index contributed by atoms with van der Waals surface area (Å²) in [6.45, 7) is 2.04. The average Bonchev–Trinajstić information content (AvgIpc) is 2.64. The molecule has 1 aliphatic rings. The molecule has 1 aromatic carbocycles. The third kappa shape index (κ3) is 2.11. The minimum Gasteiger partial charge on any atom is -0.506 e. The van der Waals surface area contributed by atoms with Crippen molar-refractivity contribution >= 4 is 17.3 Å². The summed E-state index contributed by atoms with van der Waals surface area (Å²) in [7, 11) is 0. The molecule has 1 atom stereocenters. The summed E-state index contributed by atoms with van der Waals surface area (Å²) < 4.78 is 0. The lowest BCUT2D eigenvalue weighted by Gasteiger charge is -2.13. The van der Waals surface area contributed by atoms with Gasteiger partial charge in [-0.05, 0) is 31.2 Å². The molecule has 14 heavy (non-hydrogen) atoms. The molecule has 0 aromatic heterocycles. The van der Waals surface area contributed by atoms with E-state index in [0.717, 1.165) is 25.2 Å². The van der Waals surface area contributed by atoms with Gasteiger partial charge in [-0.3, -0.25) is 0 Å². The monoisotopic (exact) mass is 212 g/mol. The molecule has 0 spiro atoms. The molecule has 3 nitrogen and oxygen atoms in total. The van der Waals surface area contributed by atoms with Gasteiger partial charge in [0.25, 0.3) is 0 Å². The van der Waals surface area contributed by atoms with Crippen LogP contribution in [-0.4, -0.2) is 24.2 Å². The van der Waals surface area contributed by atoms with Gasteiger partial charge in [0, 0.05) is 18.3 Å². The predicted octanol–water partition coefficient (Wildman–Crippen LogP) is 1.82. The maximum atomic E-state index is 9.23. The Labute approximate surface area is 88.1 Å². The van der Waals surface area contributed by atoms with Crippen molar-refractivity contribution in [1.29, 1.82) is 0 Å². The Morgan fingerprint density at radius 1 is 1.50 bits per heavy atom. The van der Waals surface area contributed by atoms with Crippen LogP contribution in [0.15, 0.2) is 18.2 Å². The summed E-state index contributed by atoms with van der Waals surface area (Å²) in [6, 6.07) is 5.65. The molecule has 1 saturated heterocycles. The molecule has 0 bridgehead atoms. The molecule has 1 aliphatic heterocycles. The van der Waals surface area contributed by atoms with Crippen LogP contribution in [0.1, 0.15) is 6.42 Å². The third-order valence-electron chi connectivity index (χ3n) is 2.38. The van der Waals surface area contributed by atoms with Crippen LogP contribution in [0.5, 0.6) is 5.75 Å². The van der Waals surface area contributed by atoms with E-state index in [-0.39, 0.29) is 5.75 Å². The van der Waals surface area contributed by atoms with Gasteiger partial charge in [-0.25, -0.2) is 0 Å². The Kier molecular flexibility index (Phi) is 2.79. The van der Waals surface area contributed by atoms with Gasteiger partial charge in [-0.1, -0.05) is 11.6 Å². The predicted molar refractivity (Wildman–Crippen MR) is 58.0 cm³/mol. The van der Waals surface area contributed by atoms with Crippen LogP contribution in [0, 0.1) is 0 Å². The van der Waals surface area contributed by atoms with Gasteiger partial charge in [0.05, 0.1) is 5.02 Å². The zero-order valence-corrected chi connectivity index (χ0v) is 8.51. The Morgan fingerprint density at radius 2 is 2.36 bits per heavy atom. The summed E-state index contributed by atoms with van der Waals surface area (Å²) in [5.41, 5.74) is 0.960. The lowest BCUT2D eigenvalue weighted by Crippen LogP contribution is -2.21. The highest BCUT2D eigenvalue weighted by Crippen LogP contribution is 2.26. The zero-order chi connectivity index (χ0) is 9.97. The molecule has 0 saturated carbocycles. The van der Waals surface area contributed by atoms with E-state index >= 15 is 0 Å². The topological polar surface area (TPSA) is 44.3 Å². The maximum Gasteiger partial charge on any atom is 0.134 e. The van der Waals surface area contributed by atoms with Gasteiger partial charge < -0.3 is 15.7 Å². The number of phenolic OH excluding ortho intramolecular Hbond substituents is 1. The van der Waals surface area contributed by atoms with Gasteiger partial charge in [-0.15, -0.1) is 0 Å². The van der Waals surface area contributed by atoms with Crippen LogP contribution in [0.4, 0.5) is 5.69 Å². The molecule has 0 radical (unpaired) electrons. The molecule has 3 N–H and O–H groups in total. The third-order valence-corrected chi connectivity index (χ3v) is 2.68. The number of anilines is 1. The number of aromatic hydroxyl groups is 1. The Morgan fingerprint density at radius 3 is 3.00 bits per heavy atom. The van der Waals surface area contributed by atoms with Crippen molar-refractivity contribution in [1.82, 2.24) is 5.32 Å². The molecular formula is C10H13ClN2O. The fourth-order valence-electron chi connectivity index (χ4n) is 1.61. The first kappa shape index (κ1) is 9.62. The van der Waals surface area contributed by atoms with Gasteiger partial charge in [0.2, 0.25) is 0 Å². The first-order valence-corrected chi connectivity index (χ1v) is 5.09. The van der Waals surface area contributed by atoms with E-state index < -0.39 is 0 Å². The second kappa shape index (κ2) is 4.07. The Hall–Kier alpha value is -0.930. The normalized spacial score (nSPS) is 21.1. The molecule has 4 heteroatoms. The largest absolute Gasteiger partial charge is 0.506 e. The zero-order valence-electron chi connectivity index (χ0n) is 7.76. The SMILES string of the molecule is Oc1ccc(NC2CCNC2)cc1Cl. The van der Waals surface area contributed by atoms with Crippen molar-refractivity contribution in [3.63, 3.8) is 0 Å². The van der Waals surface area contributed by atoms with E-state index in [1.54, 1.807) is 12.1 Å². The van der Waals surface area contributed by atoms with Crippen LogP contribution in [0.25, 0.3) is 0 Å². The number of benzene rings is 1. The number of nitrogens with one attached hydrogen (secondary N) is 2. The van der Waals surface area contributed by atoms with Gasteiger partial charge >= 0.3 is 0 Å². The van der Waals surface area contributed by atoms with Crippen LogP contribution in [-0.2, 0) is 0 Å². The fraction of sp³-hybridized carbons (Fsp3) is 0.400. The van der Waals surface area contributed by atoms with Crippen molar-refractivity contribution in [3.8, 4) is 5.75 Å². The second-order valence-electron chi connectivity index (χ2n) is 3.50. The van der Waals surface area contributed by atoms with E-state index in [0.29, 0.717) is 11.1 Å². The van der Waals surface area contributed by atoms with Gasteiger partial charge in [0.1, 0.15) is 5.75 Å². The standard InChI is InChI=1S/C10H13ClN2O/c11-9-5-7(1-2-10(9)14)13-8-3-4-12-6-8/h1-2,5,8,12-14H,3-4,6H2. The highest BCUT2D eigenvalue weighted by atomic mass is 35.5. The summed E-state index contributed by atoms with van der Waals surface area (Å²) >= 11 is 5.79. The number of hydrogen-bond acceptors (Lipinski definition) is 3. The van der Waals surface area contributed by atoms with Gasteiger partial charge in [-0.2, -0.15) is 0 Å². The molecule has 1 aromatic rings. The fourth-order valence-corrected chi connectivity index (χ4v) is 1.79. The second-order valence-corrected chi connectivity index (χ2v) is 3.91. The molecule has 1 fully saturated rings. The summed E-state index contributed by atoms with van der Waals surface area (Å²) in [5, 5.41) is 16.2. The summed E-state index contributed by atoms with van der Waals surface area (Å²) in [6.07, 6.45) is 1.12. The van der Waals surface area contributed by atoms with Crippen LogP contribution in [0.3, 0.4) is 0 Å². The van der Waals surface area contributed by atoms with E-state index in [1.807, 2.05) is 6.07 Å². The highest BCUT2D eigenvalue weighted by molar-refractivity contribution is 6.32. The minimum absolute atomic E-state index is 0.127. The summed E-state index contributed by atoms with van der Waals surface area (Å²) in [5.74, 6) is 0.127. The van der Waals surface area contributed by atoms with E-state index in [1.165, 1.54) is 0 Å². The van der Waals surface area contributed by atoms with Crippen molar-refractivity contribution < 1.29 is 5.11 Å². The lowest BCUT2D eigenvalue weighted by atomic mass is 10.2. The van der Waals surface area contributed by atoms with Crippen LogP contribution < -0.4 is 10.6 Å². The molecule has 1 unspecified atom stereocenters. The van der Waals surface area contributed by atoms with E-state index in [9.17, 15) is 5.11 Å². The lowest BCUT2D eigenvalue weighted by molar-refractivity contribution is 0.475. The molecular weight excluding hydrogens is 200 g/mol. The molecule has 1 heterocycles. The maximum absolute atomic E-state index is 9.23. The van der Waals surface area contributed by atoms with Crippen molar-refractivity contribution in [2.75, 3.05) is 18.4 Å². The first-order chi connectivity index (χ1) is 6.75. The quantitative estimate of drug-likeness (QED) is 0.656. The smallest absolute Gasteiger partial charge is 0.134 e. The number of rotatable bonds is 2. The van der Waals surface area contributed by atoms with Crippen LogP contribution >= 0.6 is 11.6 Å². The summed E-state index contributed by atoms with van der Waals surface area (Å²) in [4.78, 5) is 0. The van der Waals surface area contributed by atoms with Crippen molar-refractivity contribution in [2.24, 2.45) is 0 Å². The molecule has 0 amide bonds. The highest BCUT2D eigenvalue weighted by Gasteiger charge is 2.13. The number of phenols is 1.